The summed E-state index contributed by atoms with van der Waals surface area (Å²) in [4.78, 5) is 25.9. The van der Waals surface area contributed by atoms with Gasteiger partial charge in [-0.15, -0.1) is 0 Å². The number of hydrogen-bond donors (Lipinski definition) is 2. The highest BCUT2D eigenvalue weighted by atomic mass is 35.5. The molecule has 8 nitrogen and oxygen atoms in total. The number of aromatic nitrogens is 3. The molecule has 9 heteroatoms. The fraction of sp³-hybridized carbons (Fsp3) is 0.250. The van der Waals surface area contributed by atoms with Gasteiger partial charge in [-0.3, -0.25) is 20.0 Å². The van der Waals surface area contributed by atoms with E-state index in [-0.39, 0.29) is 22.5 Å². The first-order valence-corrected chi connectivity index (χ1v) is 6.43. The van der Waals surface area contributed by atoms with Crippen molar-refractivity contribution in [1.29, 1.82) is 0 Å². The van der Waals surface area contributed by atoms with Gasteiger partial charge in [-0.05, 0) is 12.0 Å². The summed E-state index contributed by atoms with van der Waals surface area (Å²) in [6, 6.07) is 2.90. The van der Waals surface area contributed by atoms with E-state index in [2.05, 4.69) is 20.5 Å². The molecule has 0 saturated heterocycles. The van der Waals surface area contributed by atoms with Gasteiger partial charge in [0.2, 0.25) is 5.15 Å². The first-order chi connectivity index (χ1) is 9.90. The average molecular weight is 310 g/mol. The molecule has 2 aromatic rings. The summed E-state index contributed by atoms with van der Waals surface area (Å²) in [5.74, 6) is -0.174. The minimum Gasteiger partial charge on any atom is -0.305 e. The lowest BCUT2D eigenvalue weighted by Gasteiger charge is -2.03. The average Bonchev–Trinajstić information content (AvgIpc) is 2.86. The fourth-order valence-electron chi connectivity index (χ4n) is 1.67. The summed E-state index contributed by atoms with van der Waals surface area (Å²) in [7, 11) is 0. The van der Waals surface area contributed by atoms with Crippen LogP contribution in [0.15, 0.2) is 18.3 Å². The van der Waals surface area contributed by atoms with E-state index in [0.717, 1.165) is 5.69 Å². The third-order valence-corrected chi connectivity index (χ3v) is 3.04. The zero-order chi connectivity index (χ0) is 15.6. The number of carbonyl (C=O) groups excluding carboxylic acids is 1. The molecule has 0 atom stereocenters. The first-order valence-electron chi connectivity index (χ1n) is 6.05. The molecule has 2 rings (SSSR count). The van der Waals surface area contributed by atoms with Gasteiger partial charge in [0.25, 0.3) is 5.91 Å². The second kappa shape index (κ2) is 5.88. The highest BCUT2D eigenvalue weighted by Crippen LogP contribution is 2.26. The smallest absolute Gasteiger partial charge is 0.305 e. The van der Waals surface area contributed by atoms with Crippen LogP contribution >= 0.6 is 11.6 Å². The highest BCUT2D eigenvalue weighted by molar-refractivity contribution is 6.32. The lowest BCUT2D eigenvalue weighted by molar-refractivity contribution is -0.385. The number of pyridine rings is 1. The van der Waals surface area contributed by atoms with Gasteiger partial charge >= 0.3 is 5.69 Å². The number of carbonyl (C=O) groups is 1. The van der Waals surface area contributed by atoms with Gasteiger partial charge in [-0.25, -0.2) is 4.98 Å². The zero-order valence-electron chi connectivity index (χ0n) is 11.3. The second-order valence-electron chi connectivity index (χ2n) is 4.57. The number of H-pyrrole nitrogens is 1. The van der Waals surface area contributed by atoms with Crippen molar-refractivity contribution in [2.75, 3.05) is 5.32 Å². The number of anilines is 1. The Morgan fingerprint density at radius 3 is 2.81 bits per heavy atom. The van der Waals surface area contributed by atoms with Crippen LogP contribution < -0.4 is 5.32 Å². The lowest BCUT2D eigenvalue weighted by Crippen LogP contribution is -2.14. The Kier molecular flexibility index (Phi) is 4.18. The molecule has 0 bridgehead atoms. The summed E-state index contributed by atoms with van der Waals surface area (Å²) < 4.78 is 0. The zero-order valence-corrected chi connectivity index (χ0v) is 12.0. The predicted molar refractivity (Wildman–Crippen MR) is 76.5 cm³/mol. The minimum atomic E-state index is -0.742. The van der Waals surface area contributed by atoms with Crippen molar-refractivity contribution in [1.82, 2.24) is 15.2 Å². The standard InChI is InChI=1S/C12H12ClN5O3/c1-6(2)8-5-9(17-16-8)15-12(19)7-3-4-14-11(13)10(7)18(20)21/h3-6H,1-2H3,(H2,15,16,17,19). The SMILES string of the molecule is CC(C)c1cc(NC(=O)c2ccnc(Cl)c2[N+](=O)[O-])n[nH]1. The van der Waals surface area contributed by atoms with E-state index in [4.69, 9.17) is 11.6 Å². The largest absolute Gasteiger partial charge is 0.319 e. The molecule has 2 heterocycles. The number of hydrogen-bond acceptors (Lipinski definition) is 5. The molecule has 2 N–H and O–H groups in total. The van der Waals surface area contributed by atoms with Crippen LogP contribution in [-0.4, -0.2) is 26.0 Å². The molecule has 0 aliphatic carbocycles. The third kappa shape index (κ3) is 3.16. The van der Waals surface area contributed by atoms with Crippen molar-refractivity contribution in [3.63, 3.8) is 0 Å². The highest BCUT2D eigenvalue weighted by Gasteiger charge is 2.25. The Morgan fingerprint density at radius 1 is 1.52 bits per heavy atom. The van der Waals surface area contributed by atoms with Crippen molar-refractivity contribution < 1.29 is 9.72 Å². The molecule has 0 radical (unpaired) electrons. The number of amides is 1. The number of rotatable bonds is 4. The van der Waals surface area contributed by atoms with E-state index in [0.29, 0.717) is 0 Å². The van der Waals surface area contributed by atoms with Crippen LogP contribution in [0, 0.1) is 10.1 Å². The second-order valence-corrected chi connectivity index (χ2v) is 4.93. The Hall–Kier alpha value is -2.48. The van der Waals surface area contributed by atoms with Gasteiger partial charge in [0, 0.05) is 18.0 Å². The number of nitro groups is 1. The molecule has 0 saturated carbocycles. The summed E-state index contributed by atoms with van der Waals surface area (Å²) in [5, 5.41) is 19.8. The maximum Gasteiger partial charge on any atom is 0.319 e. The minimum absolute atomic E-state index is 0.172. The van der Waals surface area contributed by atoms with E-state index in [1.54, 1.807) is 6.07 Å². The molecule has 0 aliphatic heterocycles. The molecule has 1 amide bonds. The summed E-state index contributed by atoms with van der Waals surface area (Å²) >= 11 is 5.66. The van der Waals surface area contributed by atoms with Gasteiger partial charge in [0.15, 0.2) is 5.82 Å². The molecular formula is C12H12ClN5O3. The topological polar surface area (TPSA) is 114 Å². The van der Waals surface area contributed by atoms with E-state index in [1.807, 2.05) is 13.8 Å². The van der Waals surface area contributed by atoms with Crippen LogP contribution in [0.1, 0.15) is 35.8 Å². The van der Waals surface area contributed by atoms with Crippen molar-refractivity contribution in [3.05, 3.63) is 44.9 Å². The molecule has 2 aromatic heterocycles. The molecular weight excluding hydrogens is 298 g/mol. The molecule has 0 fully saturated rings. The predicted octanol–water partition coefficient (Wildman–Crippen LogP) is 2.74. The summed E-state index contributed by atoms with van der Waals surface area (Å²) in [5.41, 5.74) is 0.137. The van der Waals surface area contributed by atoms with Crippen molar-refractivity contribution in [2.45, 2.75) is 19.8 Å². The van der Waals surface area contributed by atoms with Crippen LogP contribution in [0.4, 0.5) is 11.5 Å². The molecule has 21 heavy (non-hydrogen) atoms. The van der Waals surface area contributed by atoms with Crippen LogP contribution in [0.25, 0.3) is 0 Å². The van der Waals surface area contributed by atoms with Crippen LogP contribution in [0.2, 0.25) is 5.15 Å². The van der Waals surface area contributed by atoms with Gasteiger partial charge in [-0.1, -0.05) is 25.4 Å². The van der Waals surface area contributed by atoms with Gasteiger partial charge in [0.1, 0.15) is 5.56 Å². The van der Waals surface area contributed by atoms with Crippen molar-refractivity contribution >= 4 is 29.0 Å². The Morgan fingerprint density at radius 2 is 2.24 bits per heavy atom. The Bertz CT molecular complexity index is 698. The number of aromatic amines is 1. The van der Waals surface area contributed by atoms with Crippen molar-refractivity contribution in [2.24, 2.45) is 0 Å². The maximum atomic E-state index is 12.1. The molecule has 0 unspecified atom stereocenters. The quantitative estimate of drug-likeness (QED) is 0.512. The number of nitrogens with zero attached hydrogens (tertiary/aromatic N) is 3. The van der Waals surface area contributed by atoms with Gasteiger partial charge < -0.3 is 5.32 Å². The fourth-order valence-corrected chi connectivity index (χ4v) is 1.89. The van der Waals surface area contributed by atoms with E-state index in [1.165, 1.54) is 12.3 Å². The Balaban J connectivity index is 2.28. The molecule has 0 aromatic carbocycles. The monoisotopic (exact) mass is 309 g/mol. The number of nitrogens with one attached hydrogen (secondary N) is 2. The van der Waals surface area contributed by atoms with Crippen molar-refractivity contribution in [3.8, 4) is 0 Å². The third-order valence-electron chi connectivity index (χ3n) is 2.77. The molecule has 0 spiro atoms. The normalized spacial score (nSPS) is 10.7. The molecule has 110 valence electrons. The van der Waals surface area contributed by atoms with Crippen LogP contribution in [-0.2, 0) is 0 Å². The molecule has 0 aliphatic rings. The number of halogens is 1. The lowest BCUT2D eigenvalue weighted by atomic mass is 10.1. The summed E-state index contributed by atoms with van der Waals surface area (Å²) in [6.45, 7) is 3.93. The van der Waals surface area contributed by atoms with Gasteiger partial charge in [0.05, 0.1) is 4.92 Å². The van der Waals surface area contributed by atoms with E-state index in [9.17, 15) is 14.9 Å². The first kappa shape index (κ1) is 14.9. The van der Waals surface area contributed by atoms with Crippen LogP contribution in [0.3, 0.4) is 0 Å². The maximum absolute atomic E-state index is 12.1. The Labute approximate surface area is 124 Å². The van der Waals surface area contributed by atoms with E-state index >= 15 is 0 Å². The van der Waals surface area contributed by atoms with E-state index < -0.39 is 16.5 Å². The van der Waals surface area contributed by atoms with Crippen LogP contribution in [0.5, 0.6) is 0 Å². The van der Waals surface area contributed by atoms with Gasteiger partial charge in [-0.2, -0.15) is 5.10 Å². The summed E-state index contributed by atoms with van der Waals surface area (Å²) in [6.07, 6.45) is 1.23.